The van der Waals surface area contributed by atoms with Crippen molar-refractivity contribution in [3.63, 3.8) is 0 Å². The summed E-state index contributed by atoms with van der Waals surface area (Å²) < 4.78 is 32.2. The lowest BCUT2D eigenvalue weighted by atomic mass is 10.1. The molecule has 6 nitrogen and oxygen atoms in total. The third-order valence-electron chi connectivity index (χ3n) is 4.50. The van der Waals surface area contributed by atoms with Gasteiger partial charge in [0.15, 0.2) is 0 Å². The number of hydrogen-bond donors (Lipinski definition) is 1. The van der Waals surface area contributed by atoms with Crippen LogP contribution in [0.1, 0.15) is 30.9 Å². The largest absolute Gasteiger partial charge is 0.493 e. The Morgan fingerprint density at radius 1 is 1.20 bits per heavy atom. The molecule has 0 bridgehead atoms. The first kappa shape index (κ1) is 24.2. The number of nitrogens with one attached hydrogen (secondary N) is 1. The number of para-hydroxylation sites is 1. The number of hydrogen-bond acceptors (Lipinski definition) is 4. The molecule has 0 heterocycles. The molecule has 1 N–H and O–H groups in total. The van der Waals surface area contributed by atoms with E-state index < -0.39 is 10.0 Å². The second-order valence-corrected chi connectivity index (χ2v) is 9.87. The van der Waals surface area contributed by atoms with Gasteiger partial charge in [0.1, 0.15) is 12.3 Å². The van der Waals surface area contributed by atoms with Crippen LogP contribution in [0.4, 0.5) is 5.69 Å². The average molecular weight is 497 g/mol. The number of benzene rings is 2. The van der Waals surface area contributed by atoms with Crippen LogP contribution in [-0.4, -0.2) is 40.3 Å². The molecule has 1 amide bonds. The quantitative estimate of drug-likeness (QED) is 0.475. The van der Waals surface area contributed by atoms with Gasteiger partial charge in [0.25, 0.3) is 0 Å². The molecule has 0 aliphatic heterocycles. The minimum absolute atomic E-state index is 0.254. The molecule has 0 spiro atoms. The molecule has 0 aromatic heterocycles. The number of carbonyl (C=O) groups excluding carboxylic acids is 1. The summed E-state index contributed by atoms with van der Waals surface area (Å²) in [6.45, 7) is 4.81. The zero-order valence-electron chi connectivity index (χ0n) is 17.7. The number of nitrogens with zero attached hydrogens (tertiary/aromatic N) is 1. The molecule has 0 radical (unpaired) electrons. The van der Waals surface area contributed by atoms with Gasteiger partial charge >= 0.3 is 0 Å². The summed E-state index contributed by atoms with van der Waals surface area (Å²) in [7, 11) is -3.59. The first-order chi connectivity index (χ1) is 14.2. The summed E-state index contributed by atoms with van der Waals surface area (Å²) >= 11 is 3.40. The molecule has 0 aliphatic carbocycles. The van der Waals surface area contributed by atoms with Gasteiger partial charge in [-0.2, -0.15) is 0 Å². The molecule has 2 aromatic carbocycles. The van der Waals surface area contributed by atoms with Gasteiger partial charge in [-0.3, -0.25) is 9.10 Å². The monoisotopic (exact) mass is 496 g/mol. The lowest BCUT2D eigenvalue weighted by molar-refractivity contribution is -0.119. The fourth-order valence-corrected chi connectivity index (χ4v) is 4.04. The smallest absolute Gasteiger partial charge is 0.240 e. The molecule has 0 aliphatic rings. The Hall–Kier alpha value is -2.06. The molecule has 164 valence electrons. The van der Waals surface area contributed by atoms with Crippen molar-refractivity contribution in [2.75, 3.05) is 30.3 Å². The van der Waals surface area contributed by atoms with Gasteiger partial charge in [-0.1, -0.05) is 41.1 Å². The van der Waals surface area contributed by atoms with Crippen LogP contribution < -0.4 is 14.4 Å². The van der Waals surface area contributed by atoms with Crippen LogP contribution in [0.5, 0.6) is 5.75 Å². The number of amides is 1. The van der Waals surface area contributed by atoms with E-state index in [2.05, 4.69) is 28.2 Å². The Labute approximate surface area is 187 Å². The highest BCUT2D eigenvalue weighted by molar-refractivity contribution is 9.10. The number of carbonyl (C=O) groups is 1. The molecule has 30 heavy (non-hydrogen) atoms. The molecule has 2 aromatic rings. The predicted molar refractivity (Wildman–Crippen MR) is 125 cm³/mol. The van der Waals surface area contributed by atoms with Crippen molar-refractivity contribution in [2.45, 2.75) is 33.1 Å². The Bertz CT molecular complexity index is 963. The van der Waals surface area contributed by atoms with Gasteiger partial charge < -0.3 is 10.1 Å². The molecule has 0 atom stereocenters. The van der Waals surface area contributed by atoms with Crippen molar-refractivity contribution in [3.05, 3.63) is 58.1 Å². The predicted octanol–water partition coefficient (Wildman–Crippen LogP) is 4.06. The summed E-state index contributed by atoms with van der Waals surface area (Å²) in [4.78, 5) is 12.4. The van der Waals surface area contributed by atoms with E-state index in [0.29, 0.717) is 18.8 Å². The third-order valence-corrected chi connectivity index (χ3v) is 6.53. The van der Waals surface area contributed by atoms with Crippen LogP contribution in [0.2, 0.25) is 0 Å². The topological polar surface area (TPSA) is 75.7 Å². The van der Waals surface area contributed by atoms with Crippen molar-refractivity contribution in [1.82, 2.24) is 5.32 Å². The first-order valence-electron chi connectivity index (χ1n) is 9.93. The van der Waals surface area contributed by atoms with E-state index in [0.717, 1.165) is 51.2 Å². The molecule has 2 rings (SSSR count). The van der Waals surface area contributed by atoms with Gasteiger partial charge in [-0.25, -0.2) is 8.42 Å². The maximum Gasteiger partial charge on any atom is 0.240 e. The summed E-state index contributed by atoms with van der Waals surface area (Å²) in [5.41, 5.74) is 2.46. The number of rotatable bonds is 11. The average Bonchev–Trinajstić information content (AvgIpc) is 2.70. The van der Waals surface area contributed by atoms with Crippen LogP contribution in [0.25, 0.3) is 0 Å². The molecular weight excluding hydrogens is 468 g/mol. The van der Waals surface area contributed by atoms with E-state index in [-0.39, 0.29) is 12.5 Å². The van der Waals surface area contributed by atoms with Crippen LogP contribution >= 0.6 is 15.9 Å². The number of ether oxygens (including phenoxy) is 1. The van der Waals surface area contributed by atoms with E-state index in [4.69, 9.17) is 4.74 Å². The van der Waals surface area contributed by atoms with Crippen molar-refractivity contribution >= 4 is 37.5 Å². The van der Waals surface area contributed by atoms with E-state index in [9.17, 15) is 13.2 Å². The molecule has 0 unspecified atom stereocenters. The van der Waals surface area contributed by atoms with Crippen LogP contribution in [-0.2, 0) is 21.2 Å². The van der Waals surface area contributed by atoms with E-state index >= 15 is 0 Å². The summed E-state index contributed by atoms with van der Waals surface area (Å²) in [6.07, 6.45) is 3.54. The SMILES string of the molecule is CCCOc1ccccc1CCCNC(=O)CN(c1ccc(Br)c(C)c1)S(C)(=O)=O. The van der Waals surface area contributed by atoms with Gasteiger partial charge in [0, 0.05) is 11.0 Å². The van der Waals surface area contributed by atoms with Crippen molar-refractivity contribution in [3.8, 4) is 5.75 Å². The molecule has 8 heteroatoms. The van der Waals surface area contributed by atoms with E-state index in [1.807, 2.05) is 31.2 Å². The first-order valence-corrected chi connectivity index (χ1v) is 12.6. The Morgan fingerprint density at radius 3 is 2.60 bits per heavy atom. The number of sulfonamides is 1. The molecule has 0 saturated heterocycles. The van der Waals surface area contributed by atoms with Gasteiger partial charge in [-0.15, -0.1) is 0 Å². The highest BCUT2D eigenvalue weighted by Gasteiger charge is 2.21. The summed E-state index contributed by atoms with van der Waals surface area (Å²) in [5, 5.41) is 2.82. The Kier molecular flexibility index (Phi) is 9.17. The highest BCUT2D eigenvalue weighted by Crippen LogP contribution is 2.24. The Balaban J connectivity index is 1.92. The molecule has 0 fully saturated rings. The lowest BCUT2D eigenvalue weighted by Gasteiger charge is -2.22. The third kappa shape index (κ3) is 7.32. The van der Waals surface area contributed by atoms with Gasteiger partial charge in [0.2, 0.25) is 15.9 Å². The van der Waals surface area contributed by atoms with E-state index in [1.165, 1.54) is 0 Å². The lowest BCUT2D eigenvalue weighted by Crippen LogP contribution is -2.40. The molecule has 0 saturated carbocycles. The van der Waals surface area contributed by atoms with Crippen molar-refractivity contribution in [1.29, 1.82) is 0 Å². The number of anilines is 1. The minimum atomic E-state index is -3.59. The summed E-state index contributed by atoms with van der Waals surface area (Å²) in [5.74, 6) is 0.538. The summed E-state index contributed by atoms with van der Waals surface area (Å²) in [6, 6.07) is 13.1. The number of aryl methyl sites for hydroxylation is 2. The van der Waals surface area contributed by atoms with Crippen molar-refractivity contribution < 1.29 is 17.9 Å². The maximum atomic E-state index is 12.4. The fraction of sp³-hybridized carbons (Fsp3) is 0.409. The standard InChI is InChI=1S/C22H29BrN2O4S/c1-4-14-29-21-10-6-5-8-18(21)9-7-13-24-22(26)16-25(30(3,27)28)19-11-12-20(23)17(2)15-19/h5-6,8,10-12,15H,4,7,9,13-14,16H2,1-3H3,(H,24,26). The second kappa shape index (κ2) is 11.4. The van der Waals surface area contributed by atoms with Crippen LogP contribution in [0.15, 0.2) is 46.9 Å². The fourth-order valence-electron chi connectivity index (χ4n) is 2.94. The van der Waals surface area contributed by atoms with Crippen molar-refractivity contribution in [2.24, 2.45) is 0 Å². The van der Waals surface area contributed by atoms with Crippen LogP contribution in [0.3, 0.4) is 0 Å². The number of halogens is 1. The van der Waals surface area contributed by atoms with E-state index in [1.54, 1.807) is 18.2 Å². The zero-order chi connectivity index (χ0) is 22.1. The van der Waals surface area contributed by atoms with Gasteiger partial charge in [-0.05, 0) is 61.6 Å². The minimum Gasteiger partial charge on any atom is -0.493 e. The van der Waals surface area contributed by atoms with Gasteiger partial charge in [0.05, 0.1) is 18.6 Å². The molecular formula is C22H29BrN2O4S. The normalized spacial score (nSPS) is 11.2. The van der Waals surface area contributed by atoms with Crippen LogP contribution in [0, 0.1) is 6.92 Å². The second-order valence-electron chi connectivity index (χ2n) is 7.11. The highest BCUT2D eigenvalue weighted by atomic mass is 79.9. The zero-order valence-corrected chi connectivity index (χ0v) is 20.1. The maximum absolute atomic E-state index is 12.4. The Morgan fingerprint density at radius 2 is 1.93 bits per heavy atom.